The first-order valence-electron chi connectivity index (χ1n) is 11.5. The van der Waals surface area contributed by atoms with E-state index in [1.165, 1.54) is 11.1 Å². The van der Waals surface area contributed by atoms with Gasteiger partial charge in [-0.15, -0.1) is 24.0 Å². The number of carbonyl (C=O) groups excluding carboxylic acids is 1. The number of nitrogens with zero attached hydrogens (tertiary/aromatic N) is 2. The van der Waals surface area contributed by atoms with Crippen molar-refractivity contribution in [2.45, 2.75) is 65.8 Å². The zero-order valence-corrected chi connectivity index (χ0v) is 23.3. The van der Waals surface area contributed by atoms with Gasteiger partial charge in [0.25, 0.3) is 0 Å². The van der Waals surface area contributed by atoms with Crippen LogP contribution in [0.15, 0.2) is 29.3 Å². The van der Waals surface area contributed by atoms with E-state index in [-0.39, 0.29) is 24.0 Å². The van der Waals surface area contributed by atoms with Crippen LogP contribution in [0.4, 0.5) is 4.79 Å². The van der Waals surface area contributed by atoms with Gasteiger partial charge in [-0.25, -0.2) is 9.79 Å². The normalized spacial score (nSPS) is 15.4. The van der Waals surface area contributed by atoms with E-state index in [9.17, 15) is 4.79 Å². The van der Waals surface area contributed by atoms with Gasteiger partial charge in [0.1, 0.15) is 5.60 Å². The van der Waals surface area contributed by atoms with Crippen LogP contribution < -0.4 is 16.0 Å². The Hall–Kier alpha value is -1.59. The minimum Gasteiger partial charge on any atom is -0.444 e. The molecule has 0 aromatic heterocycles. The molecule has 8 nitrogen and oxygen atoms in total. The summed E-state index contributed by atoms with van der Waals surface area (Å²) in [6.45, 7) is 17.7. The van der Waals surface area contributed by atoms with Crippen LogP contribution in [0.3, 0.4) is 0 Å². The highest BCUT2D eigenvalue weighted by Crippen LogP contribution is 2.14. The predicted octanol–water partition coefficient (Wildman–Crippen LogP) is 3.50. The lowest BCUT2D eigenvalue weighted by atomic mass is 10.1. The Morgan fingerprint density at radius 2 is 1.73 bits per heavy atom. The smallest absolute Gasteiger partial charge is 0.408 e. The SMILES string of the molecule is CCNC(=NCc1ccccc1CN1CCOCC1)NCC(C)(C)NC(=O)OC(C)(C)C.I. The number of hydrogen-bond acceptors (Lipinski definition) is 5. The monoisotopic (exact) mass is 575 g/mol. The topological polar surface area (TPSA) is 87.2 Å². The molecule has 0 unspecified atom stereocenters. The number of alkyl carbamates (subject to hydrolysis) is 1. The minimum absolute atomic E-state index is 0. The van der Waals surface area contributed by atoms with Crippen LogP contribution in [0.5, 0.6) is 0 Å². The Labute approximate surface area is 216 Å². The highest BCUT2D eigenvalue weighted by atomic mass is 127. The molecule has 0 aliphatic carbocycles. The van der Waals surface area contributed by atoms with Gasteiger partial charge in [-0.05, 0) is 52.7 Å². The van der Waals surface area contributed by atoms with Crippen LogP contribution >= 0.6 is 24.0 Å². The molecular weight excluding hydrogens is 533 g/mol. The molecule has 0 bridgehead atoms. The molecule has 1 aliphatic rings. The standard InChI is InChI=1S/C24H41N5O3.HI/c1-7-25-21(27-18-24(5,6)28-22(30)32-23(2,3)4)26-16-19-10-8-9-11-20(19)17-29-12-14-31-15-13-29;/h8-11H,7,12-18H2,1-6H3,(H,28,30)(H2,25,26,27);1H. The second-order valence-electron chi connectivity index (χ2n) is 9.72. The van der Waals surface area contributed by atoms with Crippen molar-refractivity contribution in [2.75, 3.05) is 39.4 Å². The first kappa shape index (κ1) is 29.4. The van der Waals surface area contributed by atoms with Crippen LogP contribution in [-0.2, 0) is 22.6 Å². The predicted molar refractivity (Wildman–Crippen MR) is 144 cm³/mol. The molecule has 1 aliphatic heterocycles. The Balaban J connectivity index is 0.00000544. The van der Waals surface area contributed by atoms with Gasteiger partial charge in [-0.2, -0.15) is 0 Å². The number of rotatable bonds is 8. The minimum atomic E-state index is -0.529. The van der Waals surface area contributed by atoms with Gasteiger partial charge in [-0.1, -0.05) is 24.3 Å². The van der Waals surface area contributed by atoms with Crippen molar-refractivity contribution in [2.24, 2.45) is 4.99 Å². The molecule has 1 aromatic rings. The number of morpholine rings is 1. The number of aliphatic imine (C=N–C) groups is 1. The molecule has 188 valence electrons. The van der Waals surface area contributed by atoms with Crippen molar-refractivity contribution in [1.29, 1.82) is 0 Å². The molecule has 0 atom stereocenters. The van der Waals surface area contributed by atoms with E-state index in [0.717, 1.165) is 39.4 Å². The number of ether oxygens (including phenoxy) is 2. The second-order valence-corrected chi connectivity index (χ2v) is 9.72. The largest absolute Gasteiger partial charge is 0.444 e. The molecular formula is C24H42IN5O3. The summed E-state index contributed by atoms with van der Waals surface area (Å²) in [6.07, 6.45) is -0.428. The molecule has 1 heterocycles. The second kappa shape index (κ2) is 14.0. The molecule has 1 amide bonds. The number of halogens is 1. The van der Waals surface area contributed by atoms with E-state index in [0.29, 0.717) is 19.0 Å². The summed E-state index contributed by atoms with van der Waals surface area (Å²) < 4.78 is 10.8. The van der Waals surface area contributed by atoms with Gasteiger partial charge >= 0.3 is 6.09 Å². The fourth-order valence-electron chi connectivity index (χ4n) is 3.30. The van der Waals surface area contributed by atoms with Crippen molar-refractivity contribution in [3.63, 3.8) is 0 Å². The van der Waals surface area contributed by atoms with Crippen molar-refractivity contribution in [3.8, 4) is 0 Å². The zero-order valence-electron chi connectivity index (χ0n) is 21.0. The summed E-state index contributed by atoms with van der Waals surface area (Å²) in [7, 11) is 0. The van der Waals surface area contributed by atoms with Crippen LogP contribution in [0.25, 0.3) is 0 Å². The summed E-state index contributed by atoms with van der Waals surface area (Å²) in [6, 6.07) is 8.45. The average Bonchev–Trinajstić information content (AvgIpc) is 2.70. The molecule has 0 radical (unpaired) electrons. The lowest BCUT2D eigenvalue weighted by molar-refractivity contribution is 0.0341. The molecule has 0 spiro atoms. The van der Waals surface area contributed by atoms with Crippen LogP contribution in [0.1, 0.15) is 52.7 Å². The van der Waals surface area contributed by atoms with Crippen molar-refractivity contribution in [1.82, 2.24) is 20.9 Å². The number of carbonyl (C=O) groups is 1. The number of guanidine groups is 1. The maximum atomic E-state index is 12.1. The summed E-state index contributed by atoms with van der Waals surface area (Å²) >= 11 is 0. The van der Waals surface area contributed by atoms with Crippen molar-refractivity contribution >= 4 is 36.0 Å². The summed E-state index contributed by atoms with van der Waals surface area (Å²) in [5, 5.41) is 9.54. The molecule has 33 heavy (non-hydrogen) atoms. The van der Waals surface area contributed by atoms with Crippen molar-refractivity contribution < 1.29 is 14.3 Å². The van der Waals surface area contributed by atoms with E-state index < -0.39 is 17.2 Å². The third kappa shape index (κ3) is 11.9. The summed E-state index contributed by atoms with van der Waals surface area (Å²) in [4.78, 5) is 19.3. The molecule has 0 saturated carbocycles. The maximum absolute atomic E-state index is 12.1. The van der Waals surface area contributed by atoms with Crippen LogP contribution in [-0.4, -0.2) is 67.5 Å². The van der Waals surface area contributed by atoms with Gasteiger partial charge in [0.2, 0.25) is 0 Å². The first-order valence-corrected chi connectivity index (χ1v) is 11.5. The summed E-state index contributed by atoms with van der Waals surface area (Å²) in [5.41, 5.74) is 1.47. The number of nitrogens with one attached hydrogen (secondary N) is 3. The number of amides is 1. The Kier molecular flexibility index (Phi) is 12.5. The Bertz CT molecular complexity index is 759. The van der Waals surface area contributed by atoms with Crippen LogP contribution in [0, 0.1) is 0 Å². The third-order valence-corrected chi connectivity index (χ3v) is 4.90. The van der Waals surface area contributed by atoms with E-state index in [4.69, 9.17) is 14.5 Å². The van der Waals surface area contributed by atoms with Gasteiger partial charge in [-0.3, -0.25) is 4.90 Å². The van der Waals surface area contributed by atoms with E-state index in [2.05, 4.69) is 45.1 Å². The fraction of sp³-hybridized carbons (Fsp3) is 0.667. The first-order chi connectivity index (χ1) is 15.1. The molecule has 1 fully saturated rings. The van der Waals surface area contributed by atoms with E-state index in [1.807, 2.05) is 41.5 Å². The summed E-state index contributed by atoms with van der Waals surface area (Å²) in [5.74, 6) is 0.715. The van der Waals surface area contributed by atoms with Gasteiger partial charge in [0, 0.05) is 32.7 Å². The number of benzene rings is 1. The highest BCUT2D eigenvalue weighted by molar-refractivity contribution is 14.0. The fourth-order valence-corrected chi connectivity index (χ4v) is 3.30. The van der Waals surface area contributed by atoms with E-state index >= 15 is 0 Å². The van der Waals surface area contributed by atoms with Gasteiger partial charge in [0.05, 0.1) is 25.3 Å². The number of hydrogen-bond donors (Lipinski definition) is 3. The molecule has 2 rings (SSSR count). The highest BCUT2D eigenvalue weighted by Gasteiger charge is 2.24. The van der Waals surface area contributed by atoms with Crippen LogP contribution in [0.2, 0.25) is 0 Å². The lowest BCUT2D eigenvalue weighted by Crippen LogP contribution is -2.54. The average molecular weight is 576 g/mol. The molecule has 3 N–H and O–H groups in total. The van der Waals surface area contributed by atoms with E-state index in [1.54, 1.807) is 0 Å². The van der Waals surface area contributed by atoms with Gasteiger partial charge < -0.3 is 25.4 Å². The quantitative estimate of drug-likeness (QED) is 0.250. The Morgan fingerprint density at radius 1 is 1.09 bits per heavy atom. The molecule has 9 heteroatoms. The molecule has 1 aromatic carbocycles. The van der Waals surface area contributed by atoms with Crippen molar-refractivity contribution in [3.05, 3.63) is 35.4 Å². The Morgan fingerprint density at radius 3 is 2.33 bits per heavy atom. The third-order valence-electron chi connectivity index (χ3n) is 4.90. The lowest BCUT2D eigenvalue weighted by Gasteiger charge is -2.29. The molecule has 1 saturated heterocycles. The van der Waals surface area contributed by atoms with Gasteiger partial charge in [0.15, 0.2) is 5.96 Å². The maximum Gasteiger partial charge on any atom is 0.408 e. The zero-order chi connectivity index (χ0) is 23.6.